The Bertz CT molecular complexity index is 950. The lowest BCUT2D eigenvalue weighted by atomic mass is 10.1. The molecule has 0 radical (unpaired) electrons. The number of anilines is 1. The van der Waals surface area contributed by atoms with E-state index in [9.17, 15) is 9.59 Å². The molecular formula is C19H18N4O4. The summed E-state index contributed by atoms with van der Waals surface area (Å²) in [7, 11) is 0. The zero-order chi connectivity index (χ0) is 18.8. The predicted molar refractivity (Wildman–Crippen MR) is 98.3 cm³/mol. The predicted octanol–water partition coefficient (Wildman–Crippen LogP) is 1.92. The Hall–Kier alpha value is -3.23. The molecule has 2 heterocycles. The van der Waals surface area contributed by atoms with Gasteiger partial charge in [-0.15, -0.1) is 0 Å². The lowest BCUT2D eigenvalue weighted by molar-refractivity contribution is -0.155. The normalized spacial score (nSPS) is 17.3. The topological polar surface area (TPSA) is 111 Å². The zero-order valence-corrected chi connectivity index (χ0v) is 14.4. The molecule has 8 heteroatoms. The minimum Gasteiger partial charge on any atom is -0.436 e. The number of hydrazine groups is 1. The van der Waals surface area contributed by atoms with Crippen molar-refractivity contribution in [1.29, 1.82) is 0 Å². The lowest BCUT2D eigenvalue weighted by Crippen LogP contribution is -2.52. The van der Waals surface area contributed by atoms with Gasteiger partial charge in [0.1, 0.15) is 11.6 Å². The molecule has 3 N–H and O–H groups in total. The van der Waals surface area contributed by atoms with Crippen molar-refractivity contribution in [2.75, 3.05) is 18.5 Å². The number of para-hydroxylation sites is 2. The number of hydrogen-bond donors (Lipinski definition) is 2. The van der Waals surface area contributed by atoms with E-state index in [1.54, 1.807) is 12.1 Å². The minimum absolute atomic E-state index is 0.0839. The molecule has 2 amide bonds. The number of oxazole rings is 1. The molecule has 27 heavy (non-hydrogen) atoms. The number of morpholine rings is 1. The van der Waals surface area contributed by atoms with E-state index in [2.05, 4.69) is 10.3 Å². The summed E-state index contributed by atoms with van der Waals surface area (Å²) in [6, 6.07) is 14.7. The summed E-state index contributed by atoms with van der Waals surface area (Å²) in [6.45, 7) is 0.646. The summed E-state index contributed by atoms with van der Waals surface area (Å²) in [4.78, 5) is 28.5. The van der Waals surface area contributed by atoms with Gasteiger partial charge in [-0.3, -0.25) is 14.6 Å². The van der Waals surface area contributed by atoms with Gasteiger partial charge in [-0.25, -0.2) is 10.8 Å². The average molecular weight is 366 g/mol. The number of hydrogen-bond acceptors (Lipinski definition) is 6. The maximum absolute atomic E-state index is 12.2. The third-order valence-corrected chi connectivity index (χ3v) is 4.29. The van der Waals surface area contributed by atoms with Crippen molar-refractivity contribution in [3.8, 4) is 11.5 Å². The molecule has 0 spiro atoms. The maximum atomic E-state index is 12.2. The fourth-order valence-corrected chi connectivity index (χ4v) is 2.88. The van der Waals surface area contributed by atoms with Gasteiger partial charge in [0.15, 0.2) is 5.58 Å². The molecule has 8 nitrogen and oxygen atoms in total. The summed E-state index contributed by atoms with van der Waals surface area (Å²) in [5.74, 6) is 5.36. The Kier molecular flexibility index (Phi) is 4.57. The van der Waals surface area contributed by atoms with E-state index in [-0.39, 0.29) is 18.2 Å². The van der Waals surface area contributed by atoms with E-state index in [4.69, 9.17) is 15.0 Å². The molecule has 1 aliphatic heterocycles. The molecule has 1 atom stereocenters. The van der Waals surface area contributed by atoms with Crippen molar-refractivity contribution in [2.24, 2.45) is 5.84 Å². The third kappa shape index (κ3) is 3.67. The Labute approximate surface area is 154 Å². The molecule has 4 rings (SSSR count). The van der Waals surface area contributed by atoms with Crippen LogP contribution in [0.15, 0.2) is 52.9 Å². The highest BCUT2D eigenvalue weighted by Gasteiger charge is 2.29. The van der Waals surface area contributed by atoms with Crippen LogP contribution in [0, 0.1) is 0 Å². The largest absolute Gasteiger partial charge is 0.436 e. The maximum Gasteiger partial charge on any atom is 0.266 e. The van der Waals surface area contributed by atoms with E-state index in [0.717, 1.165) is 21.7 Å². The number of ether oxygens (including phenoxy) is 1. The van der Waals surface area contributed by atoms with Gasteiger partial charge < -0.3 is 14.5 Å². The summed E-state index contributed by atoms with van der Waals surface area (Å²) < 4.78 is 11.1. The lowest BCUT2D eigenvalue weighted by Gasteiger charge is -2.28. The van der Waals surface area contributed by atoms with Crippen LogP contribution in [-0.4, -0.2) is 41.1 Å². The summed E-state index contributed by atoms with van der Waals surface area (Å²) >= 11 is 0. The van der Waals surface area contributed by atoms with E-state index in [1.807, 2.05) is 36.4 Å². The van der Waals surface area contributed by atoms with Crippen LogP contribution in [0.3, 0.4) is 0 Å². The number of amides is 2. The summed E-state index contributed by atoms with van der Waals surface area (Å²) in [5.41, 5.74) is 2.91. The van der Waals surface area contributed by atoms with Crippen molar-refractivity contribution in [3.05, 3.63) is 48.5 Å². The second kappa shape index (κ2) is 7.18. The van der Waals surface area contributed by atoms with Crippen molar-refractivity contribution in [2.45, 2.75) is 12.5 Å². The van der Waals surface area contributed by atoms with Crippen molar-refractivity contribution >= 4 is 28.6 Å². The molecule has 0 saturated carbocycles. The smallest absolute Gasteiger partial charge is 0.266 e. The standard InChI is InChI=1S/C19H18N4O4/c20-23-9-10-26-16(19(23)25)11-17(24)21-13-7-5-12(6-8-13)18-22-14-3-1-2-4-15(14)27-18/h1-8,16H,9-11,20H2,(H,21,24). The number of fused-ring (bicyclic) bond motifs is 1. The quantitative estimate of drug-likeness (QED) is 0.539. The molecule has 1 unspecified atom stereocenters. The Morgan fingerprint density at radius 2 is 2.00 bits per heavy atom. The number of nitrogens with two attached hydrogens (primary N) is 1. The minimum atomic E-state index is -0.845. The molecule has 1 fully saturated rings. The fourth-order valence-electron chi connectivity index (χ4n) is 2.88. The summed E-state index contributed by atoms with van der Waals surface area (Å²) in [5, 5.41) is 3.83. The molecule has 1 aliphatic rings. The van der Waals surface area contributed by atoms with Gasteiger partial charge in [-0.05, 0) is 36.4 Å². The number of rotatable bonds is 4. The fraction of sp³-hybridized carbons (Fsp3) is 0.211. The third-order valence-electron chi connectivity index (χ3n) is 4.29. The second-order valence-corrected chi connectivity index (χ2v) is 6.21. The number of carbonyl (C=O) groups is 2. The van der Waals surface area contributed by atoms with Gasteiger partial charge in [-0.2, -0.15) is 0 Å². The van der Waals surface area contributed by atoms with Gasteiger partial charge in [0.25, 0.3) is 5.91 Å². The van der Waals surface area contributed by atoms with Gasteiger partial charge in [0.2, 0.25) is 11.8 Å². The second-order valence-electron chi connectivity index (χ2n) is 6.21. The summed E-state index contributed by atoms with van der Waals surface area (Å²) in [6.07, 6.45) is -0.929. The van der Waals surface area contributed by atoms with Gasteiger partial charge in [0, 0.05) is 11.3 Å². The SMILES string of the molecule is NN1CCOC(CC(=O)Nc2ccc(-c3nc4ccccc4o3)cc2)C1=O. The molecule has 3 aromatic rings. The highest BCUT2D eigenvalue weighted by atomic mass is 16.5. The average Bonchev–Trinajstić information content (AvgIpc) is 3.10. The molecule has 1 saturated heterocycles. The highest BCUT2D eigenvalue weighted by molar-refractivity contribution is 5.95. The van der Waals surface area contributed by atoms with Gasteiger partial charge >= 0.3 is 0 Å². The van der Waals surface area contributed by atoms with E-state index < -0.39 is 6.10 Å². The first-order valence-electron chi connectivity index (χ1n) is 8.54. The first-order valence-corrected chi connectivity index (χ1v) is 8.54. The molecule has 2 aromatic carbocycles. The van der Waals surface area contributed by atoms with Crippen molar-refractivity contribution in [1.82, 2.24) is 9.99 Å². The monoisotopic (exact) mass is 366 g/mol. The number of benzene rings is 2. The molecule has 138 valence electrons. The van der Waals surface area contributed by atoms with Crippen LogP contribution in [0.4, 0.5) is 5.69 Å². The first-order chi connectivity index (χ1) is 13.1. The van der Waals surface area contributed by atoms with E-state index in [0.29, 0.717) is 24.7 Å². The van der Waals surface area contributed by atoms with E-state index in [1.165, 1.54) is 0 Å². The zero-order valence-electron chi connectivity index (χ0n) is 14.4. The van der Waals surface area contributed by atoms with Crippen LogP contribution >= 0.6 is 0 Å². The Morgan fingerprint density at radius 1 is 1.22 bits per heavy atom. The Morgan fingerprint density at radius 3 is 2.78 bits per heavy atom. The van der Waals surface area contributed by atoms with E-state index >= 15 is 0 Å². The highest BCUT2D eigenvalue weighted by Crippen LogP contribution is 2.25. The van der Waals surface area contributed by atoms with Crippen molar-refractivity contribution in [3.63, 3.8) is 0 Å². The number of aromatic nitrogens is 1. The van der Waals surface area contributed by atoms with Crippen LogP contribution in [0.1, 0.15) is 6.42 Å². The Balaban J connectivity index is 1.41. The van der Waals surface area contributed by atoms with Crippen LogP contribution < -0.4 is 11.2 Å². The number of nitrogens with zero attached hydrogens (tertiary/aromatic N) is 2. The van der Waals surface area contributed by atoms with Crippen LogP contribution in [0.2, 0.25) is 0 Å². The molecule has 0 aliphatic carbocycles. The van der Waals surface area contributed by atoms with Gasteiger partial charge in [0.05, 0.1) is 19.6 Å². The first kappa shape index (κ1) is 17.2. The molecular weight excluding hydrogens is 348 g/mol. The molecule has 1 aromatic heterocycles. The van der Waals surface area contributed by atoms with Crippen LogP contribution in [0.5, 0.6) is 0 Å². The van der Waals surface area contributed by atoms with Gasteiger partial charge in [-0.1, -0.05) is 12.1 Å². The number of carbonyl (C=O) groups excluding carboxylic acids is 2. The molecule has 0 bridgehead atoms. The van der Waals surface area contributed by atoms with Crippen molar-refractivity contribution < 1.29 is 18.7 Å². The number of nitrogens with one attached hydrogen (secondary N) is 1. The van der Waals surface area contributed by atoms with Crippen LogP contribution in [-0.2, 0) is 14.3 Å². The van der Waals surface area contributed by atoms with Crippen LogP contribution in [0.25, 0.3) is 22.6 Å².